The summed E-state index contributed by atoms with van der Waals surface area (Å²) in [5.41, 5.74) is 1.51. The van der Waals surface area contributed by atoms with E-state index in [1.54, 1.807) is 10.6 Å². The number of fused-ring (bicyclic) bond motifs is 1. The van der Waals surface area contributed by atoms with Gasteiger partial charge < -0.3 is 9.55 Å². The van der Waals surface area contributed by atoms with Crippen molar-refractivity contribution in [1.82, 2.24) is 9.55 Å². The number of para-hydroxylation sites is 2. The molecule has 0 atom stereocenters. The molecule has 0 aliphatic heterocycles. The van der Waals surface area contributed by atoms with Gasteiger partial charge in [-0.2, -0.15) is 0 Å². The number of H-pyrrole nitrogens is 1. The number of aromatic amines is 1. The highest BCUT2D eigenvalue weighted by molar-refractivity contribution is 5.74. The molecule has 100 valence electrons. The minimum atomic E-state index is -0.572. The van der Waals surface area contributed by atoms with Gasteiger partial charge in [0.05, 0.1) is 11.0 Å². The Hall–Kier alpha value is -2.62. The monoisotopic (exact) mass is 266 g/mol. The molecule has 0 radical (unpaired) electrons. The zero-order chi connectivity index (χ0) is 13.9. The molecule has 2 aromatic carbocycles. The highest BCUT2D eigenvalue weighted by Crippen LogP contribution is 2.08. The second kappa shape index (κ2) is 5.17. The maximum Gasteiger partial charge on any atom is 0.316 e. The molecule has 20 heavy (non-hydrogen) atoms. The van der Waals surface area contributed by atoms with Gasteiger partial charge in [-0.1, -0.05) is 42.5 Å². The van der Waals surface area contributed by atoms with Crippen LogP contribution in [-0.2, 0) is 13.0 Å². The fourth-order valence-electron chi connectivity index (χ4n) is 2.33. The van der Waals surface area contributed by atoms with Gasteiger partial charge in [0.1, 0.15) is 0 Å². The summed E-state index contributed by atoms with van der Waals surface area (Å²) >= 11 is 0. The quantitative estimate of drug-likeness (QED) is 0.736. The van der Waals surface area contributed by atoms with Crippen molar-refractivity contribution >= 4 is 11.0 Å². The van der Waals surface area contributed by atoms with E-state index < -0.39 is 11.1 Å². The standard InChI is InChI=1S/C16H14N2O2/c19-15-16(20)18(11-10-12-6-2-1-3-7-12)14-9-5-4-8-13(14)17-15/h1-9H,10-11H2,(H,17,19). The number of nitrogens with one attached hydrogen (secondary N) is 1. The van der Waals surface area contributed by atoms with Crippen LogP contribution in [0.4, 0.5) is 0 Å². The van der Waals surface area contributed by atoms with E-state index >= 15 is 0 Å². The van der Waals surface area contributed by atoms with Gasteiger partial charge in [-0.05, 0) is 24.1 Å². The van der Waals surface area contributed by atoms with Crippen LogP contribution in [0.1, 0.15) is 5.56 Å². The van der Waals surface area contributed by atoms with E-state index in [2.05, 4.69) is 4.98 Å². The predicted molar refractivity (Wildman–Crippen MR) is 79.0 cm³/mol. The Bertz CT molecular complexity index is 847. The molecule has 0 fully saturated rings. The van der Waals surface area contributed by atoms with Crippen LogP contribution in [0.5, 0.6) is 0 Å². The van der Waals surface area contributed by atoms with Crippen LogP contribution < -0.4 is 11.1 Å². The molecule has 0 aliphatic carbocycles. The third kappa shape index (κ3) is 2.28. The predicted octanol–water partition coefficient (Wildman–Crippen LogP) is 1.93. The molecule has 1 N–H and O–H groups in total. The molecular weight excluding hydrogens is 252 g/mol. The van der Waals surface area contributed by atoms with Gasteiger partial charge >= 0.3 is 11.1 Å². The summed E-state index contributed by atoms with van der Waals surface area (Å²) in [5, 5.41) is 0. The lowest BCUT2D eigenvalue weighted by Crippen LogP contribution is -2.36. The molecule has 3 aromatic rings. The molecule has 0 saturated carbocycles. The molecular formula is C16H14N2O2. The largest absolute Gasteiger partial charge is 0.316 e. The average molecular weight is 266 g/mol. The van der Waals surface area contributed by atoms with Crippen LogP contribution in [-0.4, -0.2) is 9.55 Å². The fourth-order valence-corrected chi connectivity index (χ4v) is 2.33. The van der Waals surface area contributed by atoms with Gasteiger partial charge in [-0.15, -0.1) is 0 Å². The highest BCUT2D eigenvalue weighted by atomic mass is 16.2. The van der Waals surface area contributed by atoms with Crippen LogP contribution in [0.15, 0.2) is 64.2 Å². The summed E-state index contributed by atoms with van der Waals surface area (Å²) in [4.78, 5) is 26.3. The molecule has 1 heterocycles. The first-order valence-electron chi connectivity index (χ1n) is 6.51. The van der Waals surface area contributed by atoms with Crippen molar-refractivity contribution in [2.45, 2.75) is 13.0 Å². The topological polar surface area (TPSA) is 54.9 Å². The molecule has 0 bridgehead atoms. The van der Waals surface area contributed by atoms with Crippen molar-refractivity contribution in [3.05, 3.63) is 80.9 Å². The Labute approximate surface area is 115 Å². The number of aromatic nitrogens is 2. The first kappa shape index (κ1) is 12.4. The van der Waals surface area contributed by atoms with Crippen molar-refractivity contribution in [2.24, 2.45) is 0 Å². The van der Waals surface area contributed by atoms with E-state index in [9.17, 15) is 9.59 Å². The van der Waals surface area contributed by atoms with E-state index in [-0.39, 0.29) is 0 Å². The minimum Gasteiger partial charge on any atom is -0.316 e. The summed E-state index contributed by atoms with van der Waals surface area (Å²) in [6.45, 7) is 0.493. The van der Waals surface area contributed by atoms with Gasteiger partial charge in [-0.3, -0.25) is 9.59 Å². The second-order valence-corrected chi connectivity index (χ2v) is 4.66. The summed E-state index contributed by atoms with van der Waals surface area (Å²) < 4.78 is 1.54. The number of benzene rings is 2. The van der Waals surface area contributed by atoms with Crippen LogP contribution in [0, 0.1) is 0 Å². The lowest BCUT2D eigenvalue weighted by molar-refractivity contribution is 0.685. The Morgan fingerprint density at radius 1 is 0.900 bits per heavy atom. The lowest BCUT2D eigenvalue weighted by atomic mass is 10.1. The van der Waals surface area contributed by atoms with Crippen LogP contribution in [0.3, 0.4) is 0 Å². The summed E-state index contributed by atoms with van der Waals surface area (Å²) in [6.07, 6.45) is 0.716. The van der Waals surface area contributed by atoms with E-state index in [0.717, 1.165) is 11.1 Å². The molecule has 1 aromatic heterocycles. The molecule has 0 aliphatic rings. The molecule has 4 heteroatoms. The fraction of sp³-hybridized carbons (Fsp3) is 0.125. The van der Waals surface area contributed by atoms with Crippen molar-refractivity contribution in [2.75, 3.05) is 0 Å². The van der Waals surface area contributed by atoms with E-state index in [4.69, 9.17) is 0 Å². The normalized spacial score (nSPS) is 10.8. The van der Waals surface area contributed by atoms with E-state index in [1.165, 1.54) is 0 Å². The Morgan fingerprint density at radius 3 is 2.40 bits per heavy atom. The number of aryl methyl sites for hydroxylation is 2. The number of rotatable bonds is 3. The van der Waals surface area contributed by atoms with Crippen molar-refractivity contribution in [3.8, 4) is 0 Å². The second-order valence-electron chi connectivity index (χ2n) is 4.66. The molecule has 0 unspecified atom stereocenters. The number of hydrogen-bond acceptors (Lipinski definition) is 2. The van der Waals surface area contributed by atoms with E-state index in [1.807, 2.05) is 48.5 Å². The zero-order valence-corrected chi connectivity index (χ0v) is 10.9. The first-order valence-corrected chi connectivity index (χ1v) is 6.51. The summed E-state index contributed by atoms with van der Waals surface area (Å²) in [5.74, 6) is 0. The molecule has 4 nitrogen and oxygen atoms in total. The third-order valence-electron chi connectivity index (χ3n) is 3.35. The van der Waals surface area contributed by atoms with Crippen LogP contribution in [0.25, 0.3) is 11.0 Å². The Balaban J connectivity index is 2.04. The summed E-state index contributed by atoms with van der Waals surface area (Å²) in [7, 11) is 0. The van der Waals surface area contributed by atoms with Gasteiger partial charge in [0, 0.05) is 6.54 Å². The SMILES string of the molecule is O=c1[nH]c2ccccc2n(CCc2ccccc2)c1=O. The van der Waals surface area contributed by atoms with Gasteiger partial charge in [0.15, 0.2) is 0 Å². The average Bonchev–Trinajstić information content (AvgIpc) is 2.49. The Morgan fingerprint density at radius 2 is 1.60 bits per heavy atom. The van der Waals surface area contributed by atoms with Gasteiger partial charge in [0.25, 0.3) is 0 Å². The molecule has 3 rings (SSSR count). The smallest absolute Gasteiger partial charge is 0.316 e. The highest BCUT2D eigenvalue weighted by Gasteiger charge is 2.06. The zero-order valence-electron chi connectivity index (χ0n) is 10.9. The van der Waals surface area contributed by atoms with Crippen molar-refractivity contribution in [1.29, 1.82) is 0 Å². The molecule has 0 amide bonds. The first-order chi connectivity index (χ1) is 9.75. The van der Waals surface area contributed by atoms with Crippen molar-refractivity contribution in [3.63, 3.8) is 0 Å². The third-order valence-corrected chi connectivity index (χ3v) is 3.35. The Kier molecular flexibility index (Phi) is 3.21. The maximum absolute atomic E-state index is 12.0. The number of hydrogen-bond donors (Lipinski definition) is 1. The van der Waals surface area contributed by atoms with Crippen LogP contribution in [0.2, 0.25) is 0 Å². The van der Waals surface area contributed by atoms with Gasteiger partial charge in [-0.25, -0.2) is 0 Å². The molecule has 0 saturated heterocycles. The van der Waals surface area contributed by atoms with Crippen molar-refractivity contribution < 1.29 is 0 Å². The maximum atomic E-state index is 12.0. The van der Waals surface area contributed by atoms with E-state index in [0.29, 0.717) is 18.5 Å². The van der Waals surface area contributed by atoms with Gasteiger partial charge in [0.2, 0.25) is 0 Å². The number of nitrogens with zero attached hydrogens (tertiary/aromatic N) is 1. The lowest BCUT2D eigenvalue weighted by Gasteiger charge is -2.09. The van der Waals surface area contributed by atoms with Crippen LogP contribution >= 0.6 is 0 Å². The molecule has 0 spiro atoms. The summed E-state index contributed by atoms with van der Waals surface area (Å²) in [6, 6.07) is 17.3. The minimum absolute atomic E-state index is 0.493.